The number of alkyl halides is 3. The molecular formula is C18H20F3N5OS. The maximum atomic E-state index is 12.4. The number of aromatic nitrogens is 3. The highest BCUT2D eigenvalue weighted by Gasteiger charge is 2.31. The zero-order valence-electron chi connectivity index (χ0n) is 15.1. The Kier molecular flexibility index (Phi) is 5.40. The van der Waals surface area contributed by atoms with Gasteiger partial charge >= 0.3 is 6.36 Å². The van der Waals surface area contributed by atoms with Gasteiger partial charge in [-0.2, -0.15) is 0 Å². The van der Waals surface area contributed by atoms with Gasteiger partial charge in [-0.05, 0) is 38.1 Å². The number of fused-ring (bicyclic) bond motifs is 1. The molecule has 1 fully saturated rings. The molecule has 3 aromatic rings. The van der Waals surface area contributed by atoms with Crippen molar-refractivity contribution < 1.29 is 17.9 Å². The van der Waals surface area contributed by atoms with Crippen LogP contribution in [0.4, 0.5) is 18.3 Å². The van der Waals surface area contributed by atoms with Crippen molar-refractivity contribution in [2.75, 3.05) is 31.5 Å². The van der Waals surface area contributed by atoms with Gasteiger partial charge in [0.2, 0.25) is 10.1 Å². The van der Waals surface area contributed by atoms with Crippen molar-refractivity contribution in [1.29, 1.82) is 0 Å². The molecule has 28 heavy (non-hydrogen) atoms. The summed E-state index contributed by atoms with van der Waals surface area (Å²) in [5.41, 5.74) is 1.09. The lowest BCUT2D eigenvalue weighted by molar-refractivity contribution is -0.274. The quantitative estimate of drug-likeness (QED) is 0.657. The predicted octanol–water partition coefficient (Wildman–Crippen LogP) is 4.25. The average Bonchev–Trinajstić information content (AvgIpc) is 3.20. The Morgan fingerprint density at radius 3 is 2.75 bits per heavy atom. The molecule has 150 valence electrons. The number of imidazole rings is 1. The van der Waals surface area contributed by atoms with Crippen molar-refractivity contribution >= 4 is 21.4 Å². The number of hydrogen-bond acceptors (Lipinski definition) is 6. The Hall–Kier alpha value is -2.33. The van der Waals surface area contributed by atoms with E-state index in [1.807, 2.05) is 0 Å². The summed E-state index contributed by atoms with van der Waals surface area (Å²) in [6, 6.07) is 5.77. The van der Waals surface area contributed by atoms with E-state index < -0.39 is 6.36 Å². The van der Waals surface area contributed by atoms with E-state index in [-0.39, 0.29) is 5.75 Å². The normalized spacial score (nSPS) is 15.8. The van der Waals surface area contributed by atoms with Crippen LogP contribution in [0, 0.1) is 0 Å². The van der Waals surface area contributed by atoms with Crippen LogP contribution in [-0.2, 0) is 0 Å². The van der Waals surface area contributed by atoms with Crippen LogP contribution in [0.3, 0.4) is 0 Å². The lowest BCUT2D eigenvalue weighted by Crippen LogP contribution is -2.33. The molecule has 1 aliphatic heterocycles. The standard InChI is InChI=1S/C18H20F3N5OS/c19-18(20,21)27-14-6-4-5-13(11-14)15-12-26-17(23-15)28-16(24-26)22-7-10-25-8-2-1-3-9-25/h4-6,11-12H,1-3,7-10H2,(H,22,24). The van der Waals surface area contributed by atoms with E-state index in [4.69, 9.17) is 0 Å². The molecule has 0 saturated carbocycles. The minimum atomic E-state index is -4.72. The lowest BCUT2D eigenvalue weighted by Gasteiger charge is -2.26. The molecule has 1 aromatic carbocycles. The van der Waals surface area contributed by atoms with Crippen molar-refractivity contribution in [3.63, 3.8) is 0 Å². The first-order valence-corrected chi connectivity index (χ1v) is 9.96. The highest BCUT2D eigenvalue weighted by molar-refractivity contribution is 7.20. The van der Waals surface area contributed by atoms with E-state index in [1.165, 1.54) is 48.8 Å². The molecular weight excluding hydrogens is 391 g/mol. The summed E-state index contributed by atoms with van der Waals surface area (Å²) in [6.45, 7) is 4.12. The third-order valence-corrected chi connectivity index (χ3v) is 5.44. The van der Waals surface area contributed by atoms with Crippen LogP contribution in [0.25, 0.3) is 16.2 Å². The van der Waals surface area contributed by atoms with Crippen molar-refractivity contribution in [2.45, 2.75) is 25.6 Å². The van der Waals surface area contributed by atoms with Crippen LogP contribution in [0.2, 0.25) is 0 Å². The van der Waals surface area contributed by atoms with Gasteiger partial charge in [-0.15, -0.1) is 18.3 Å². The third kappa shape index (κ3) is 4.74. The second kappa shape index (κ2) is 7.96. The summed E-state index contributed by atoms with van der Waals surface area (Å²) in [6.07, 6.45) is 0.838. The lowest BCUT2D eigenvalue weighted by atomic mass is 10.1. The van der Waals surface area contributed by atoms with E-state index in [1.54, 1.807) is 16.8 Å². The molecule has 1 saturated heterocycles. The number of halogens is 3. The molecule has 0 atom stereocenters. The summed E-state index contributed by atoms with van der Waals surface area (Å²) in [5, 5.41) is 8.55. The van der Waals surface area contributed by atoms with E-state index in [0.717, 1.165) is 31.3 Å². The van der Waals surface area contributed by atoms with Crippen LogP contribution in [0.5, 0.6) is 5.75 Å². The number of ether oxygens (including phenoxy) is 1. The summed E-state index contributed by atoms with van der Waals surface area (Å²) >= 11 is 1.41. The van der Waals surface area contributed by atoms with E-state index in [0.29, 0.717) is 16.2 Å². The number of piperidine rings is 1. The van der Waals surface area contributed by atoms with Gasteiger partial charge in [0, 0.05) is 18.7 Å². The Morgan fingerprint density at radius 2 is 2.00 bits per heavy atom. The number of benzene rings is 1. The number of nitrogens with one attached hydrogen (secondary N) is 1. The molecule has 0 bridgehead atoms. The zero-order chi connectivity index (χ0) is 19.6. The molecule has 1 aliphatic rings. The Morgan fingerprint density at radius 1 is 1.18 bits per heavy atom. The van der Waals surface area contributed by atoms with Crippen molar-refractivity contribution in [1.82, 2.24) is 19.5 Å². The van der Waals surface area contributed by atoms with Gasteiger partial charge in [0.25, 0.3) is 0 Å². The van der Waals surface area contributed by atoms with Gasteiger partial charge in [0.15, 0.2) is 0 Å². The maximum Gasteiger partial charge on any atom is 0.573 e. The summed E-state index contributed by atoms with van der Waals surface area (Å²) in [5.74, 6) is -0.269. The minimum Gasteiger partial charge on any atom is -0.406 e. The Balaban J connectivity index is 1.40. The van der Waals surface area contributed by atoms with Crippen LogP contribution in [0.1, 0.15) is 19.3 Å². The second-order valence-corrected chi connectivity index (χ2v) is 7.62. The summed E-state index contributed by atoms with van der Waals surface area (Å²) in [4.78, 5) is 7.60. The highest BCUT2D eigenvalue weighted by Crippen LogP contribution is 2.29. The van der Waals surface area contributed by atoms with E-state index >= 15 is 0 Å². The fourth-order valence-corrected chi connectivity index (χ4v) is 4.07. The van der Waals surface area contributed by atoms with Gasteiger partial charge in [-0.3, -0.25) is 0 Å². The molecule has 0 radical (unpaired) electrons. The van der Waals surface area contributed by atoms with Gasteiger partial charge in [-0.1, -0.05) is 29.9 Å². The summed E-state index contributed by atoms with van der Waals surface area (Å²) in [7, 11) is 0. The zero-order valence-corrected chi connectivity index (χ0v) is 15.9. The molecule has 0 unspecified atom stereocenters. The second-order valence-electron chi connectivity index (χ2n) is 6.67. The molecule has 2 aromatic heterocycles. The monoisotopic (exact) mass is 411 g/mol. The number of likely N-dealkylation sites (tertiary alicyclic amines) is 1. The predicted molar refractivity (Wildman–Crippen MR) is 102 cm³/mol. The molecule has 4 rings (SSSR count). The molecule has 0 aliphatic carbocycles. The molecule has 0 amide bonds. The Labute approximate surface area is 163 Å². The number of rotatable bonds is 6. The molecule has 10 heteroatoms. The SMILES string of the molecule is FC(F)(F)Oc1cccc(-c2cn3nc(NCCN4CCCCC4)sc3n2)c1. The first-order chi connectivity index (χ1) is 13.5. The van der Waals surface area contributed by atoms with Crippen LogP contribution in [-0.4, -0.2) is 52.0 Å². The molecule has 1 N–H and O–H groups in total. The van der Waals surface area contributed by atoms with E-state index in [2.05, 4.69) is 25.0 Å². The largest absolute Gasteiger partial charge is 0.573 e. The third-order valence-electron chi connectivity index (χ3n) is 4.56. The minimum absolute atomic E-state index is 0.269. The first kappa shape index (κ1) is 19.0. The van der Waals surface area contributed by atoms with Crippen LogP contribution in [0.15, 0.2) is 30.5 Å². The van der Waals surface area contributed by atoms with Gasteiger partial charge in [0.05, 0.1) is 11.9 Å². The number of nitrogens with zero attached hydrogens (tertiary/aromatic N) is 4. The molecule has 3 heterocycles. The topological polar surface area (TPSA) is 54.7 Å². The summed E-state index contributed by atoms with van der Waals surface area (Å²) < 4.78 is 42.8. The van der Waals surface area contributed by atoms with Crippen molar-refractivity contribution in [2.24, 2.45) is 0 Å². The number of anilines is 1. The van der Waals surface area contributed by atoms with Gasteiger partial charge in [0.1, 0.15) is 5.75 Å². The maximum absolute atomic E-state index is 12.4. The van der Waals surface area contributed by atoms with E-state index in [9.17, 15) is 13.2 Å². The highest BCUT2D eigenvalue weighted by atomic mass is 32.1. The van der Waals surface area contributed by atoms with Gasteiger partial charge < -0.3 is 15.0 Å². The fourth-order valence-electron chi connectivity index (χ4n) is 3.27. The van der Waals surface area contributed by atoms with Crippen LogP contribution < -0.4 is 10.1 Å². The molecule has 0 spiro atoms. The smallest absolute Gasteiger partial charge is 0.406 e. The van der Waals surface area contributed by atoms with Crippen molar-refractivity contribution in [3.05, 3.63) is 30.5 Å². The van der Waals surface area contributed by atoms with Crippen LogP contribution >= 0.6 is 11.3 Å². The Bertz CT molecular complexity index is 901. The van der Waals surface area contributed by atoms with Gasteiger partial charge in [-0.25, -0.2) is 9.50 Å². The van der Waals surface area contributed by atoms with Crippen molar-refractivity contribution in [3.8, 4) is 17.0 Å². The fraction of sp³-hybridized carbons (Fsp3) is 0.444. The number of hydrogen-bond donors (Lipinski definition) is 1. The average molecular weight is 411 g/mol. The first-order valence-electron chi connectivity index (χ1n) is 9.15. The molecule has 6 nitrogen and oxygen atoms in total.